The van der Waals surface area contributed by atoms with Crippen LogP contribution in [0.3, 0.4) is 0 Å². The molecule has 2 heterocycles. The van der Waals surface area contributed by atoms with E-state index in [1.54, 1.807) is 7.11 Å². The number of methoxy groups -OCH3 is 1. The van der Waals surface area contributed by atoms with E-state index in [1.165, 1.54) is 10.9 Å². The quantitative estimate of drug-likeness (QED) is 0.694. The van der Waals surface area contributed by atoms with Crippen molar-refractivity contribution in [3.63, 3.8) is 0 Å². The number of hydrogen-bond donors (Lipinski definition) is 1. The number of ether oxygens (including phenoxy) is 1. The number of likely N-dealkylation sites (N-methyl/N-ethyl adjacent to an activating group) is 1. The second-order valence-corrected chi connectivity index (χ2v) is 7.63. The topological polar surface area (TPSA) is 48.6 Å². The van der Waals surface area contributed by atoms with E-state index in [-0.39, 0.29) is 11.8 Å². The number of H-pyrrole nitrogens is 1. The lowest BCUT2D eigenvalue weighted by Crippen LogP contribution is -2.48. The van der Waals surface area contributed by atoms with Gasteiger partial charge in [0.05, 0.1) is 7.11 Å². The van der Waals surface area contributed by atoms with Crippen LogP contribution in [0.1, 0.15) is 30.4 Å². The first-order chi connectivity index (χ1) is 14.2. The minimum Gasteiger partial charge on any atom is -0.497 e. The summed E-state index contributed by atoms with van der Waals surface area (Å²) in [4.78, 5) is 21.0. The summed E-state index contributed by atoms with van der Waals surface area (Å²) in [6.45, 7) is 6.77. The highest BCUT2D eigenvalue weighted by Crippen LogP contribution is 2.34. The summed E-state index contributed by atoms with van der Waals surface area (Å²) in [6, 6.07) is 16.4. The standard InChI is InChI=1S/C24H29N3O2/c1-3-26-12-14-27(15-13-26)24(28)16-21(18-8-10-19(29-2)11-9-18)22-17-25-23-7-5-4-6-20(22)23/h4-11,17,21,25H,3,12-16H2,1-2H3/t21-/m0/s1. The van der Waals surface area contributed by atoms with E-state index in [9.17, 15) is 4.79 Å². The molecule has 0 unspecified atom stereocenters. The van der Waals surface area contributed by atoms with Crippen molar-refractivity contribution in [2.45, 2.75) is 19.3 Å². The van der Waals surface area contributed by atoms with E-state index < -0.39 is 0 Å². The van der Waals surface area contributed by atoms with Crippen LogP contribution in [0.2, 0.25) is 0 Å². The van der Waals surface area contributed by atoms with Gasteiger partial charge in [0.1, 0.15) is 5.75 Å². The number of nitrogens with one attached hydrogen (secondary N) is 1. The molecule has 0 radical (unpaired) electrons. The smallest absolute Gasteiger partial charge is 0.223 e. The van der Waals surface area contributed by atoms with E-state index >= 15 is 0 Å². The van der Waals surface area contributed by atoms with E-state index in [2.05, 4.69) is 53.3 Å². The number of piperazine rings is 1. The molecule has 1 aromatic heterocycles. The largest absolute Gasteiger partial charge is 0.497 e. The Morgan fingerprint density at radius 2 is 1.79 bits per heavy atom. The average molecular weight is 392 g/mol. The van der Waals surface area contributed by atoms with Gasteiger partial charge in [-0.25, -0.2) is 0 Å². The monoisotopic (exact) mass is 391 g/mol. The molecule has 0 bridgehead atoms. The molecule has 1 saturated heterocycles. The second kappa shape index (κ2) is 8.70. The third-order valence-corrected chi connectivity index (χ3v) is 6.07. The van der Waals surface area contributed by atoms with Gasteiger partial charge in [0, 0.05) is 55.6 Å². The van der Waals surface area contributed by atoms with Gasteiger partial charge < -0.3 is 19.5 Å². The lowest BCUT2D eigenvalue weighted by atomic mass is 9.87. The number of hydrogen-bond acceptors (Lipinski definition) is 3. The van der Waals surface area contributed by atoms with E-state index in [0.717, 1.165) is 49.6 Å². The lowest BCUT2D eigenvalue weighted by molar-refractivity contribution is -0.133. The molecule has 1 atom stereocenters. The molecule has 1 aliphatic heterocycles. The van der Waals surface area contributed by atoms with Crippen molar-refractivity contribution in [3.8, 4) is 5.75 Å². The van der Waals surface area contributed by atoms with Gasteiger partial charge in [0.25, 0.3) is 0 Å². The first-order valence-electron chi connectivity index (χ1n) is 10.4. The first kappa shape index (κ1) is 19.5. The average Bonchev–Trinajstić information content (AvgIpc) is 3.21. The maximum absolute atomic E-state index is 13.2. The van der Waals surface area contributed by atoms with Crippen LogP contribution >= 0.6 is 0 Å². The molecular formula is C24H29N3O2. The number of carbonyl (C=O) groups excluding carboxylic acids is 1. The Balaban J connectivity index is 1.62. The van der Waals surface area contributed by atoms with Crippen molar-refractivity contribution in [3.05, 3.63) is 65.9 Å². The molecule has 3 aromatic rings. The maximum Gasteiger partial charge on any atom is 0.223 e. The highest BCUT2D eigenvalue weighted by molar-refractivity contribution is 5.86. The van der Waals surface area contributed by atoms with E-state index in [4.69, 9.17) is 4.74 Å². The van der Waals surface area contributed by atoms with Crippen LogP contribution in [0.15, 0.2) is 54.7 Å². The minimum atomic E-state index is 0.00811. The molecule has 5 heteroatoms. The van der Waals surface area contributed by atoms with E-state index in [1.807, 2.05) is 23.1 Å². The van der Waals surface area contributed by atoms with Crippen molar-refractivity contribution < 1.29 is 9.53 Å². The summed E-state index contributed by atoms with van der Waals surface area (Å²) < 4.78 is 5.32. The molecular weight excluding hydrogens is 362 g/mol. The number of rotatable bonds is 6. The molecule has 0 spiro atoms. The number of aromatic amines is 1. The van der Waals surface area contributed by atoms with Gasteiger partial charge in [-0.2, -0.15) is 0 Å². The molecule has 1 aliphatic rings. The molecule has 4 rings (SSSR count). The predicted molar refractivity (Wildman–Crippen MR) is 116 cm³/mol. The zero-order chi connectivity index (χ0) is 20.2. The molecule has 1 N–H and O–H groups in total. The Morgan fingerprint density at radius 1 is 1.07 bits per heavy atom. The van der Waals surface area contributed by atoms with Crippen molar-refractivity contribution >= 4 is 16.8 Å². The molecule has 1 amide bonds. The molecule has 29 heavy (non-hydrogen) atoms. The van der Waals surface area contributed by atoms with Gasteiger partial charge in [-0.05, 0) is 35.9 Å². The molecule has 1 fully saturated rings. The maximum atomic E-state index is 13.2. The zero-order valence-electron chi connectivity index (χ0n) is 17.2. The number of aromatic nitrogens is 1. The van der Waals surface area contributed by atoms with Gasteiger partial charge in [-0.15, -0.1) is 0 Å². The summed E-state index contributed by atoms with van der Waals surface area (Å²) in [5.41, 5.74) is 3.41. The van der Waals surface area contributed by atoms with Crippen LogP contribution in [-0.2, 0) is 4.79 Å². The molecule has 5 nitrogen and oxygen atoms in total. The Labute approximate surface area is 172 Å². The van der Waals surface area contributed by atoms with Crippen LogP contribution < -0.4 is 4.74 Å². The number of carbonyl (C=O) groups is 1. The van der Waals surface area contributed by atoms with Crippen LogP contribution in [0, 0.1) is 0 Å². The van der Waals surface area contributed by atoms with Crippen molar-refractivity contribution in [2.24, 2.45) is 0 Å². The Kier molecular flexibility index (Phi) is 5.86. The molecule has 0 saturated carbocycles. The fourth-order valence-corrected chi connectivity index (χ4v) is 4.24. The van der Waals surface area contributed by atoms with Crippen molar-refractivity contribution in [2.75, 3.05) is 39.8 Å². The van der Waals surface area contributed by atoms with Gasteiger partial charge in [0.15, 0.2) is 0 Å². The third kappa shape index (κ3) is 4.15. The van der Waals surface area contributed by atoms with Gasteiger partial charge in [0.2, 0.25) is 5.91 Å². The minimum absolute atomic E-state index is 0.00811. The van der Waals surface area contributed by atoms with Gasteiger partial charge >= 0.3 is 0 Å². The Bertz CT molecular complexity index is 956. The third-order valence-electron chi connectivity index (χ3n) is 6.07. The number of nitrogens with zero attached hydrogens (tertiary/aromatic N) is 2. The Morgan fingerprint density at radius 3 is 2.48 bits per heavy atom. The molecule has 0 aliphatic carbocycles. The number of para-hydroxylation sites is 1. The SMILES string of the molecule is CCN1CCN(C(=O)C[C@@H](c2ccc(OC)cc2)c2c[nH]c3ccccc23)CC1. The van der Waals surface area contributed by atoms with E-state index in [0.29, 0.717) is 6.42 Å². The fraction of sp³-hybridized carbons (Fsp3) is 0.375. The normalized spacial score (nSPS) is 16.1. The summed E-state index contributed by atoms with van der Waals surface area (Å²) in [5.74, 6) is 1.06. The number of amides is 1. The summed E-state index contributed by atoms with van der Waals surface area (Å²) >= 11 is 0. The number of fused-ring (bicyclic) bond motifs is 1. The summed E-state index contributed by atoms with van der Waals surface area (Å²) in [7, 11) is 1.67. The summed E-state index contributed by atoms with van der Waals surface area (Å²) in [5, 5.41) is 1.18. The van der Waals surface area contributed by atoms with Gasteiger partial charge in [-0.3, -0.25) is 4.79 Å². The Hall–Kier alpha value is -2.79. The van der Waals surface area contributed by atoms with Crippen LogP contribution in [0.25, 0.3) is 10.9 Å². The van der Waals surface area contributed by atoms with Gasteiger partial charge in [-0.1, -0.05) is 37.3 Å². The number of benzene rings is 2. The molecule has 152 valence electrons. The highest BCUT2D eigenvalue weighted by Gasteiger charge is 2.26. The van der Waals surface area contributed by atoms with Crippen LogP contribution in [0.5, 0.6) is 5.75 Å². The van der Waals surface area contributed by atoms with Crippen LogP contribution in [-0.4, -0.2) is 60.5 Å². The molecule has 2 aromatic carbocycles. The predicted octanol–water partition coefficient (Wildman–Crippen LogP) is 3.86. The first-order valence-corrected chi connectivity index (χ1v) is 10.4. The summed E-state index contributed by atoms with van der Waals surface area (Å²) in [6.07, 6.45) is 2.53. The van der Waals surface area contributed by atoms with Crippen LogP contribution in [0.4, 0.5) is 0 Å². The van der Waals surface area contributed by atoms with Crippen molar-refractivity contribution in [1.82, 2.24) is 14.8 Å². The second-order valence-electron chi connectivity index (χ2n) is 7.63. The highest BCUT2D eigenvalue weighted by atomic mass is 16.5. The fourth-order valence-electron chi connectivity index (χ4n) is 4.24. The van der Waals surface area contributed by atoms with Crippen molar-refractivity contribution in [1.29, 1.82) is 0 Å². The zero-order valence-corrected chi connectivity index (χ0v) is 17.2. The lowest BCUT2D eigenvalue weighted by Gasteiger charge is -2.34.